The van der Waals surface area contributed by atoms with Crippen molar-refractivity contribution >= 4 is 23.3 Å². The van der Waals surface area contributed by atoms with Crippen molar-refractivity contribution in [3.05, 3.63) is 91.1 Å². The maximum absolute atomic E-state index is 14.2. The number of carbonyl (C=O) groups is 1. The van der Waals surface area contributed by atoms with Gasteiger partial charge in [-0.1, -0.05) is 30.1 Å². The van der Waals surface area contributed by atoms with E-state index in [0.29, 0.717) is 75.5 Å². The lowest BCUT2D eigenvalue weighted by Crippen LogP contribution is -2.43. The summed E-state index contributed by atoms with van der Waals surface area (Å²) in [5.74, 6) is 2.10. The van der Waals surface area contributed by atoms with Gasteiger partial charge in [-0.15, -0.1) is 0 Å². The van der Waals surface area contributed by atoms with Crippen LogP contribution in [0.2, 0.25) is 0 Å². The second kappa shape index (κ2) is 13.6. The second-order valence-electron chi connectivity index (χ2n) is 9.41. The number of allylic oxidation sites excluding steroid dienone is 1. The molecule has 42 heavy (non-hydrogen) atoms. The molecule has 9 nitrogen and oxygen atoms in total. The fourth-order valence-electron chi connectivity index (χ4n) is 4.93. The number of thiazole rings is 1. The lowest BCUT2D eigenvalue weighted by Gasteiger charge is -2.30. The Morgan fingerprint density at radius 1 is 1.05 bits per heavy atom. The van der Waals surface area contributed by atoms with Gasteiger partial charge in [0.2, 0.25) is 0 Å². The zero-order chi connectivity index (χ0) is 30.4. The van der Waals surface area contributed by atoms with Crippen molar-refractivity contribution in [3.63, 3.8) is 0 Å². The Balaban J connectivity index is 1.95. The van der Waals surface area contributed by atoms with Crippen LogP contribution in [0.4, 0.5) is 0 Å². The molecule has 0 saturated carbocycles. The highest BCUT2D eigenvalue weighted by atomic mass is 32.1. The third-order valence-corrected chi connectivity index (χ3v) is 7.94. The lowest BCUT2D eigenvalue weighted by molar-refractivity contribution is -0.127. The third kappa shape index (κ3) is 5.99. The molecule has 4 rings (SSSR count). The molecule has 1 aromatic heterocycles. The molecule has 0 saturated heterocycles. The summed E-state index contributed by atoms with van der Waals surface area (Å²) in [7, 11) is 3.14. The topological polar surface area (TPSA) is 91.6 Å². The predicted octanol–water partition coefficient (Wildman–Crippen LogP) is 4.08. The van der Waals surface area contributed by atoms with Crippen molar-refractivity contribution in [2.45, 2.75) is 33.7 Å². The quantitative estimate of drug-likeness (QED) is 0.295. The van der Waals surface area contributed by atoms with Gasteiger partial charge in [0.05, 0.1) is 36.6 Å². The van der Waals surface area contributed by atoms with Gasteiger partial charge >= 0.3 is 0 Å². The van der Waals surface area contributed by atoms with Crippen LogP contribution in [0.1, 0.15) is 44.9 Å². The number of hydrogen-bond donors (Lipinski definition) is 0. The van der Waals surface area contributed by atoms with Gasteiger partial charge in [0.25, 0.3) is 11.5 Å². The van der Waals surface area contributed by atoms with Crippen molar-refractivity contribution in [1.82, 2.24) is 9.47 Å². The minimum Gasteiger partial charge on any atom is -0.497 e. The maximum atomic E-state index is 14.2. The average molecular weight is 592 g/mol. The number of hydrogen-bond acceptors (Lipinski definition) is 8. The predicted molar refractivity (Wildman–Crippen MR) is 165 cm³/mol. The van der Waals surface area contributed by atoms with Crippen molar-refractivity contribution in [2.24, 2.45) is 4.99 Å². The molecule has 1 aliphatic heterocycles. The summed E-state index contributed by atoms with van der Waals surface area (Å²) < 4.78 is 24.8. The Bertz CT molecular complexity index is 1680. The molecule has 0 N–H and O–H groups in total. The van der Waals surface area contributed by atoms with Crippen LogP contribution < -0.4 is 33.8 Å². The van der Waals surface area contributed by atoms with E-state index in [2.05, 4.69) is 6.58 Å². The summed E-state index contributed by atoms with van der Waals surface area (Å²) in [6.45, 7) is 13.1. The minimum atomic E-state index is -0.768. The lowest BCUT2D eigenvalue weighted by atomic mass is 9.93. The molecule has 3 aromatic rings. The van der Waals surface area contributed by atoms with Crippen molar-refractivity contribution in [2.75, 3.05) is 40.5 Å². The largest absolute Gasteiger partial charge is 0.497 e. The summed E-state index contributed by atoms with van der Waals surface area (Å²) in [6.07, 6.45) is 3.47. The number of aromatic nitrogens is 1. The molecule has 1 aliphatic rings. The van der Waals surface area contributed by atoms with E-state index in [-0.39, 0.29) is 11.5 Å². The first-order chi connectivity index (χ1) is 20.3. The van der Waals surface area contributed by atoms with E-state index in [4.69, 9.17) is 23.9 Å². The van der Waals surface area contributed by atoms with Crippen LogP contribution in [0.25, 0.3) is 6.08 Å². The average Bonchev–Trinajstić information content (AvgIpc) is 3.30. The van der Waals surface area contributed by atoms with Crippen LogP contribution in [-0.4, -0.2) is 55.9 Å². The number of fused-ring (bicyclic) bond motifs is 1. The van der Waals surface area contributed by atoms with Crippen molar-refractivity contribution in [3.8, 4) is 23.0 Å². The first kappa shape index (κ1) is 30.6. The number of likely N-dealkylation sites (N-methyl/N-ethyl adjacent to an activating group) is 1. The molecule has 2 aromatic carbocycles. The third-order valence-electron chi connectivity index (χ3n) is 6.96. The van der Waals surface area contributed by atoms with Gasteiger partial charge < -0.3 is 23.8 Å². The number of benzene rings is 2. The van der Waals surface area contributed by atoms with Gasteiger partial charge in [-0.25, -0.2) is 4.99 Å². The summed E-state index contributed by atoms with van der Waals surface area (Å²) in [5.41, 5.74) is 2.11. The number of nitrogens with zero attached hydrogens (tertiary/aromatic N) is 3. The SMILES string of the molecule is C=CCOc1ccc(/C=c2/sc3n(c2=O)[C@@H](c2cc(OC)ccc2OC)C(C(=O)N(CC)CC)=C(C)N=3)cc1OCC. The minimum absolute atomic E-state index is 0.179. The maximum Gasteiger partial charge on any atom is 0.271 e. The fourth-order valence-corrected chi connectivity index (χ4v) is 5.97. The Labute approximate surface area is 249 Å². The van der Waals surface area contributed by atoms with Crippen molar-refractivity contribution in [1.29, 1.82) is 0 Å². The molecule has 222 valence electrons. The first-order valence-corrected chi connectivity index (χ1v) is 14.7. The fraction of sp³-hybridized carbons (Fsp3) is 0.344. The summed E-state index contributed by atoms with van der Waals surface area (Å²) in [6, 6.07) is 10.1. The van der Waals surface area contributed by atoms with Crippen LogP contribution in [0.5, 0.6) is 23.0 Å². The smallest absolute Gasteiger partial charge is 0.271 e. The van der Waals surface area contributed by atoms with E-state index in [0.717, 1.165) is 5.56 Å². The van der Waals surface area contributed by atoms with Gasteiger partial charge in [0.15, 0.2) is 16.3 Å². The highest BCUT2D eigenvalue weighted by Gasteiger charge is 2.36. The number of carbonyl (C=O) groups excluding carboxylic acids is 1. The number of rotatable bonds is 12. The Kier molecular flexibility index (Phi) is 9.90. The summed E-state index contributed by atoms with van der Waals surface area (Å²) in [5, 5.41) is 0. The highest BCUT2D eigenvalue weighted by molar-refractivity contribution is 7.07. The molecule has 0 aliphatic carbocycles. The number of amides is 1. The molecular formula is C32H37N3O6S. The summed E-state index contributed by atoms with van der Waals surface area (Å²) in [4.78, 5) is 35.1. The Morgan fingerprint density at radius 3 is 2.43 bits per heavy atom. The molecule has 10 heteroatoms. The molecule has 0 bridgehead atoms. The van der Waals surface area contributed by atoms with E-state index < -0.39 is 6.04 Å². The van der Waals surface area contributed by atoms with Crippen LogP contribution >= 0.6 is 11.3 Å². The van der Waals surface area contributed by atoms with Crippen LogP contribution in [-0.2, 0) is 4.79 Å². The molecule has 0 unspecified atom stereocenters. The van der Waals surface area contributed by atoms with Gasteiger partial charge in [-0.05, 0) is 69.7 Å². The standard InChI is InChI=1S/C32H37N3O6S/c1-8-16-41-25-14-12-21(17-26(25)40-11-4)18-27-30(36)35-29(23-19-22(38-6)13-15-24(23)39-7)28(20(5)33-32(35)42-27)31(37)34(9-2)10-3/h8,12-15,17-19,29H,1,9-11,16H2,2-7H3/b27-18+/t29-/m0/s1. The number of methoxy groups -OCH3 is 2. The highest BCUT2D eigenvalue weighted by Crippen LogP contribution is 2.38. The molecule has 0 fully saturated rings. The summed E-state index contributed by atoms with van der Waals surface area (Å²) >= 11 is 1.27. The molecular weight excluding hydrogens is 554 g/mol. The monoisotopic (exact) mass is 591 g/mol. The Morgan fingerprint density at radius 2 is 1.79 bits per heavy atom. The van der Waals surface area contributed by atoms with Gasteiger partial charge in [-0.2, -0.15) is 0 Å². The molecule has 0 radical (unpaired) electrons. The van der Waals surface area contributed by atoms with Crippen molar-refractivity contribution < 1.29 is 23.7 Å². The van der Waals surface area contributed by atoms with Gasteiger partial charge in [0.1, 0.15) is 24.1 Å². The Hall–Kier alpha value is -4.31. The van der Waals surface area contributed by atoms with Crippen LogP contribution in [0.3, 0.4) is 0 Å². The van der Waals surface area contributed by atoms with Crippen LogP contribution in [0, 0.1) is 0 Å². The zero-order valence-corrected chi connectivity index (χ0v) is 25.7. The normalized spacial score (nSPS) is 14.6. The number of ether oxygens (including phenoxy) is 4. The van der Waals surface area contributed by atoms with E-state index in [1.165, 1.54) is 11.3 Å². The molecule has 1 amide bonds. The molecule has 2 heterocycles. The second-order valence-corrected chi connectivity index (χ2v) is 10.4. The van der Waals surface area contributed by atoms with E-state index >= 15 is 0 Å². The first-order valence-electron chi connectivity index (χ1n) is 13.9. The van der Waals surface area contributed by atoms with E-state index in [9.17, 15) is 9.59 Å². The van der Waals surface area contributed by atoms with Gasteiger partial charge in [0, 0.05) is 18.7 Å². The van der Waals surface area contributed by atoms with Crippen LogP contribution in [0.15, 0.2) is 70.1 Å². The molecule has 0 spiro atoms. The molecule has 1 atom stereocenters. The zero-order valence-electron chi connectivity index (χ0n) is 24.9. The van der Waals surface area contributed by atoms with E-state index in [1.54, 1.807) is 48.0 Å². The van der Waals surface area contributed by atoms with Gasteiger partial charge in [-0.3, -0.25) is 14.2 Å². The van der Waals surface area contributed by atoms with E-state index in [1.807, 2.05) is 52.0 Å².